The highest BCUT2D eigenvalue weighted by atomic mass is 15.3. The molecule has 0 aliphatic heterocycles. The zero-order chi connectivity index (χ0) is 10.1. The van der Waals surface area contributed by atoms with Crippen molar-refractivity contribution in [1.82, 2.24) is 19.6 Å². The maximum atomic E-state index is 4.24. The molecular weight excluding hydrogens is 190 g/mol. The average molecular weight is 203 g/mol. The van der Waals surface area contributed by atoms with Crippen molar-refractivity contribution in [2.45, 2.75) is 31.7 Å². The molecule has 2 heterocycles. The Balaban J connectivity index is 1.92. The van der Waals surface area contributed by atoms with Crippen LogP contribution in [0.4, 0.5) is 5.82 Å². The molecule has 0 aromatic carbocycles. The van der Waals surface area contributed by atoms with Crippen LogP contribution in [-0.2, 0) is 0 Å². The topological polar surface area (TPSA) is 55.1 Å². The molecule has 0 bridgehead atoms. The monoisotopic (exact) mass is 203 g/mol. The molecule has 2 aromatic rings. The summed E-state index contributed by atoms with van der Waals surface area (Å²) >= 11 is 0. The van der Waals surface area contributed by atoms with Crippen LogP contribution in [0.2, 0.25) is 0 Å². The molecule has 15 heavy (non-hydrogen) atoms. The zero-order valence-electron chi connectivity index (χ0n) is 8.43. The van der Waals surface area contributed by atoms with Crippen LogP contribution in [0.15, 0.2) is 18.7 Å². The number of aromatic nitrogens is 4. The van der Waals surface area contributed by atoms with Crippen molar-refractivity contribution < 1.29 is 0 Å². The van der Waals surface area contributed by atoms with E-state index in [4.69, 9.17) is 0 Å². The second-order valence-electron chi connectivity index (χ2n) is 3.93. The molecule has 0 unspecified atom stereocenters. The van der Waals surface area contributed by atoms with Gasteiger partial charge in [-0.3, -0.25) is 0 Å². The lowest BCUT2D eigenvalue weighted by Gasteiger charge is -2.12. The third-order valence-corrected chi connectivity index (χ3v) is 2.89. The van der Waals surface area contributed by atoms with Gasteiger partial charge in [0.1, 0.15) is 6.33 Å². The summed E-state index contributed by atoms with van der Waals surface area (Å²) in [6.07, 6.45) is 10.2. The van der Waals surface area contributed by atoms with Crippen molar-refractivity contribution >= 4 is 11.5 Å². The first-order valence-corrected chi connectivity index (χ1v) is 5.34. The van der Waals surface area contributed by atoms with E-state index in [0.717, 1.165) is 11.5 Å². The molecule has 78 valence electrons. The molecule has 1 aliphatic carbocycles. The predicted octanol–water partition coefficient (Wildman–Crippen LogP) is 1.48. The fourth-order valence-corrected chi connectivity index (χ4v) is 2.12. The van der Waals surface area contributed by atoms with E-state index in [1.165, 1.54) is 25.7 Å². The van der Waals surface area contributed by atoms with E-state index in [1.54, 1.807) is 17.0 Å². The normalized spacial score (nSPS) is 17.3. The number of imidazole rings is 1. The van der Waals surface area contributed by atoms with Gasteiger partial charge < -0.3 is 5.32 Å². The molecule has 0 spiro atoms. The van der Waals surface area contributed by atoms with Crippen LogP contribution in [0, 0.1) is 0 Å². The summed E-state index contributed by atoms with van der Waals surface area (Å²) in [5.41, 5.74) is 0.810. The Morgan fingerprint density at radius 3 is 3.00 bits per heavy atom. The highest BCUT2D eigenvalue weighted by Gasteiger charge is 2.16. The van der Waals surface area contributed by atoms with Crippen LogP contribution in [0.1, 0.15) is 25.7 Å². The van der Waals surface area contributed by atoms with E-state index in [0.29, 0.717) is 6.04 Å². The van der Waals surface area contributed by atoms with Crippen molar-refractivity contribution in [3.05, 3.63) is 18.7 Å². The second-order valence-corrected chi connectivity index (χ2v) is 3.93. The van der Waals surface area contributed by atoms with Crippen molar-refractivity contribution in [2.75, 3.05) is 5.32 Å². The van der Waals surface area contributed by atoms with Crippen LogP contribution in [-0.4, -0.2) is 25.6 Å². The quantitative estimate of drug-likeness (QED) is 0.803. The van der Waals surface area contributed by atoms with Gasteiger partial charge in [-0.05, 0) is 12.8 Å². The summed E-state index contributed by atoms with van der Waals surface area (Å²) in [5, 5.41) is 7.51. The smallest absolute Gasteiger partial charge is 0.196 e. The van der Waals surface area contributed by atoms with Crippen LogP contribution >= 0.6 is 0 Å². The van der Waals surface area contributed by atoms with Gasteiger partial charge in [-0.15, -0.1) is 0 Å². The summed E-state index contributed by atoms with van der Waals surface area (Å²) in [5.74, 6) is 0.849. The van der Waals surface area contributed by atoms with E-state index in [-0.39, 0.29) is 0 Å². The first kappa shape index (κ1) is 8.64. The van der Waals surface area contributed by atoms with Crippen LogP contribution in [0.3, 0.4) is 0 Å². The molecule has 0 atom stereocenters. The maximum Gasteiger partial charge on any atom is 0.196 e. The number of nitrogens with one attached hydrogen (secondary N) is 1. The van der Waals surface area contributed by atoms with Gasteiger partial charge in [0.15, 0.2) is 11.5 Å². The summed E-state index contributed by atoms with van der Waals surface area (Å²) in [6, 6.07) is 0.556. The number of nitrogens with zero attached hydrogens (tertiary/aromatic N) is 4. The molecule has 0 radical (unpaired) electrons. The van der Waals surface area contributed by atoms with E-state index in [2.05, 4.69) is 20.4 Å². The Bertz CT molecular complexity index is 458. The fourth-order valence-electron chi connectivity index (χ4n) is 2.12. The first-order chi connectivity index (χ1) is 7.43. The second kappa shape index (κ2) is 3.49. The summed E-state index contributed by atoms with van der Waals surface area (Å²) in [7, 11) is 0. The number of anilines is 1. The average Bonchev–Trinajstić information content (AvgIpc) is 2.87. The number of hydrogen-bond acceptors (Lipinski definition) is 4. The van der Waals surface area contributed by atoms with Crippen molar-refractivity contribution in [3.8, 4) is 0 Å². The molecule has 1 N–H and O–H groups in total. The van der Waals surface area contributed by atoms with E-state index >= 15 is 0 Å². The minimum atomic E-state index is 0.556. The van der Waals surface area contributed by atoms with Gasteiger partial charge in [0.25, 0.3) is 0 Å². The highest BCUT2D eigenvalue weighted by molar-refractivity contribution is 5.61. The van der Waals surface area contributed by atoms with E-state index < -0.39 is 0 Å². The molecule has 1 aliphatic rings. The Morgan fingerprint density at radius 2 is 2.13 bits per heavy atom. The zero-order valence-corrected chi connectivity index (χ0v) is 8.43. The molecule has 0 saturated heterocycles. The summed E-state index contributed by atoms with van der Waals surface area (Å²) in [6.45, 7) is 0. The van der Waals surface area contributed by atoms with Gasteiger partial charge in [0, 0.05) is 18.4 Å². The van der Waals surface area contributed by atoms with Crippen LogP contribution in [0.5, 0.6) is 0 Å². The van der Waals surface area contributed by atoms with E-state index in [9.17, 15) is 0 Å². The molecule has 2 aromatic heterocycles. The summed E-state index contributed by atoms with van der Waals surface area (Å²) in [4.78, 5) is 8.47. The van der Waals surface area contributed by atoms with E-state index in [1.807, 2.05) is 6.20 Å². The molecular formula is C10H13N5. The van der Waals surface area contributed by atoms with Crippen molar-refractivity contribution in [3.63, 3.8) is 0 Å². The number of hydrogen-bond donors (Lipinski definition) is 1. The lowest BCUT2D eigenvalue weighted by molar-refractivity contribution is 0.746. The first-order valence-electron chi connectivity index (χ1n) is 5.34. The predicted molar refractivity (Wildman–Crippen MR) is 56.7 cm³/mol. The Hall–Kier alpha value is -1.65. The van der Waals surface area contributed by atoms with Gasteiger partial charge in [-0.25, -0.2) is 14.5 Å². The largest absolute Gasteiger partial charge is 0.364 e. The number of rotatable bonds is 2. The van der Waals surface area contributed by atoms with Crippen LogP contribution in [0.25, 0.3) is 5.65 Å². The van der Waals surface area contributed by atoms with Crippen LogP contribution < -0.4 is 5.32 Å². The minimum absolute atomic E-state index is 0.556. The van der Waals surface area contributed by atoms with Gasteiger partial charge >= 0.3 is 0 Å². The molecule has 5 heteroatoms. The molecule has 1 fully saturated rings. The van der Waals surface area contributed by atoms with Crippen molar-refractivity contribution in [2.24, 2.45) is 0 Å². The summed E-state index contributed by atoms with van der Waals surface area (Å²) < 4.78 is 1.74. The van der Waals surface area contributed by atoms with Gasteiger partial charge in [-0.2, -0.15) is 5.10 Å². The standard InChI is InChI=1S/C10H13N5/c1-2-4-8(3-1)14-9-10-11-5-6-15(10)13-7-12-9/h5-8H,1-4H2,(H,12,13,14). The highest BCUT2D eigenvalue weighted by Crippen LogP contribution is 2.22. The molecule has 5 nitrogen and oxygen atoms in total. The molecule has 3 rings (SSSR count). The van der Waals surface area contributed by atoms with Crippen molar-refractivity contribution in [1.29, 1.82) is 0 Å². The third-order valence-electron chi connectivity index (χ3n) is 2.89. The molecule has 1 saturated carbocycles. The lowest BCUT2D eigenvalue weighted by atomic mass is 10.2. The molecule has 0 amide bonds. The lowest BCUT2D eigenvalue weighted by Crippen LogP contribution is -2.16. The minimum Gasteiger partial charge on any atom is -0.364 e. The van der Waals surface area contributed by atoms with Gasteiger partial charge in [0.2, 0.25) is 0 Å². The van der Waals surface area contributed by atoms with Gasteiger partial charge in [0.05, 0.1) is 0 Å². The Kier molecular flexibility index (Phi) is 2.01. The Labute approximate surface area is 87.5 Å². The van der Waals surface area contributed by atoms with Gasteiger partial charge in [-0.1, -0.05) is 12.8 Å². The maximum absolute atomic E-state index is 4.24. The third kappa shape index (κ3) is 1.54. The Morgan fingerprint density at radius 1 is 1.27 bits per heavy atom. The fraction of sp³-hybridized carbons (Fsp3) is 0.500. The number of fused-ring (bicyclic) bond motifs is 1. The SMILES string of the molecule is c1cn2ncnc(NC3CCCC3)c2n1.